The van der Waals surface area contributed by atoms with Crippen molar-refractivity contribution in [3.8, 4) is 11.8 Å². The molecule has 3 N–H and O–H groups in total. The molecule has 0 aliphatic heterocycles. The van der Waals surface area contributed by atoms with Crippen LogP contribution in [0.3, 0.4) is 0 Å². The number of nitrogens with zero attached hydrogens (tertiary/aromatic N) is 4. The van der Waals surface area contributed by atoms with E-state index in [2.05, 4.69) is 32.8 Å². The number of hydrogen-bond acceptors (Lipinski definition) is 8. The van der Waals surface area contributed by atoms with Gasteiger partial charge in [-0.15, -0.1) is 0 Å². The number of aliphatic hydroxyl groups is 1. The molecule has 1 saturated carbocycles. The van der Waals surface area contributed by atoms with Crippen LogP contribution in [0.15, 0.2) is 47.6 Å². The number of benzene rings is 2. The van der Waals surface area contributed by atoms with Crippen molar-refractivity contribution in [2.24, 2.45) is 22.9 Å². The number of nitriles is 1. The van der Waals surface area contributed by atoms with Crippen LogP contribution in [0.4, 0.5) is 0 Å². The number of aliphatic hydroxyl groups excluding tert-OH is 1. The molecule has 0 spiro atoms. The van der Waals surface area contributed by atoms with Crippen molar-refractivity contribution < 1.29 is 28.9 Å². The highest BCUT2D eigenvalue weighted by Crippen LogP contribution is 2.44. The summed E-state index contributed by atoms with van der Waals surface area (Å²) in [5.74, 6) is -0.290. The minimum atomic E-state index is -1.15. The van der Waals surface area contributed by atoms with E-state index in [9.17, 15) is 20.2 Å². The summed E-state index contributed by atoms with van der Waals surface area (Å²) in [5, 5.41) is 29.8. The third-order valence-electron chi connectivity index (χ3n) is 9.03. The molecule has 266 valence electrons. The van der Waals surface area contributed by atoms with Gasteiger partial charge in [-0.05, 0) is 77.4 Å². The summed E-state index contributed by atoms with van der Waals surface area (Å²) >= 11 is 0. The minimum Gasteiger partial charge on any atom is -0.493 e. The van der Waals surface area contributed by atoms with Crippen LogP contribution in [0.1, 0.15) is 88.0 Å². The molecular weight excluding hydrogens is 624 g/mol. The number of azide groups is 1. The number of carbonyl (C=O) groups excluding carboxylic acids is 2. The summed E-state index contributed by atoms with van der Waals surface area (Å²) in [6, 6.07) is 13.3. The van der Waals surface area contributed by atoms with Crippen molar-refractivity contribution in [3.63, 3.8) is 0 Å². The van der Waals surface area contributed by atoms with Gasteiger partial charge in [0.05, 0.1) is 43.6 Å². The molecule has 3 rings (SSSR count). The lowest BCUT2D eigenvalue weighted by molar-refractivity contribution is -0.134. The number of carbonyl (C=O) groups is 2. The van der Waals surface area contributed by atoms with E-state index < -0.39 is 24.1 Å². The molecular formula is C37H52N6O6. The molecule has 1 aliphatic carbocycles. The summed E-state index contributed by atoms with van der Waals surface area (Å²) < 4.78 is 17.1. The summed E-state index contributed by atoms with van der Waals surface area (Å²) in [5.41, 5.74) is 12.7. The Morgan fingerprint density at radius 1 is 1.10 bits per heavy atom. The van der Waals surface area contributed by atoms with E-state index in [0.29, 0.717) is 31.1 Å². The Balaban J connectivity index is 1.60. The molecule has 2 aromatic rings. The number of methoxy groups -OCH3 is 1. The van der Waals surface area contributed by atoms with Gasteiger partial charge in [-0.1, -0.05) is 63.5 Å². The zero-order valence-corrected chi connectivity index (χ0v) is 29.4. The van der Waals surface area contributed by atoms with Crippen molar-refractivity contribution in [1.29, 1.82) is 5.26 Å². The van der Waals surface area contributed by atoms with Crippen LogP contribution >= 0.6 is 0 Å². The van der Waals surface area contributed by atoms with Crippen LogP contribution in [0.25, 0.3) is 10.4 Å². The fourth-order valence-electron chi connectivity index (χ4n) is 5.55. The molecule has 49 heavy (non-hydrogen) atoms. The third kappa shape index (κ3) is 12.7. The summed E-state index contributed by atoms with van der Waals surface area (Å²) in [7, 11) is 1.67. The smallest absolute Gasteiger partial charge is 0.243 e. The van der Waals surface area contributed by atoms with E-state index in [-0.39, 0.29) is 49.8 Å². The van der Waals surface area contributed by atoms with Gasteiger partial charge < -0.3 is 30.0 Å². The van der Waals surface area contributed by atoms with Gasteiger partial charge >= 0.3 is 0 Å². The predicted molar refractivity (Wildman–Crippen MR) is 186 cm³/mol. The maximum Gasteiger partial charge on any atom is 0.243 e. The van der Waals surface area contributed by atoms with Crippen LogP contribution in [0, 0.1) is 29.1 Å². The van der Waals surface area contributed by atoms with Crippen molar-refractivity contribution in [2.45, 2.75) is 97.1 Å². The molecule has 0 aromatic heterocycles. The molecule has 0 radical (unpaired) electrons. The summed E-state index contributed by atoms with van der Waals surface area (Å²) in [6.07, 6.45) is 2.61. The zero-order valence-electron chi connectivity index (χ0n) is 29.4. The van der Waals surface area contributed by atoms with Crippen LogP contribution < -0.4 is 15.4 Å². The molecule has 1 fully saturated rings. The lowest BCUT2D eigenvalue weighted by atomic mass is 9.86. The van der Waals surface area contributed by atoms with Gasteiger partial charge in [0.25, 0.3) is 0 Å². The SMILES string of the molecule is CC[C@H](C)[C@H](NC(=O)[C@@H](C[C@H](O)[C@H](COCc1ccc(C2CC2)c(OCCCOC)c1)N=[N+]=[N-])C(C)C)C(=O)NCc1ccc(C#N)cc1. The van der Waals surface area contributed by atoms with Gasteiger partial charge in [0.15, 0.2) is 0 Å². The molecule has 0 bridgehead atoms. The Bertz CT molecular complexity index is 1430. The second kappa shape index (κ2) is 20.4. The van der Waals surface area contributed by atoms with Gasteiger partial charge in [-0.3, -0.25) is 9.59 Å². The molecule has 0 unspecified atom stereocenters. The van der Waals surface area contributed by atoms with Crippen molar-refractivity contribution in [3.05, 3.63) is 75.2 Å². The summed E-state index contributed by atoms with van der Waals surface area (Å²) in [6.45, 7) is 9.21. The highest BCUT2D eigenvalue weighted by molar-refractivity contribution is 5.88. The second-order valence-electron chi connectivity index (χ2n) is 13.2. The normalized spacial score (nSPS) is 15.6. The van der Waals surface area contributed by atoms with Crippen LogP contribution in [0.5, 0.6) is 5.75 Å². The molecule has 5 atom stereocenters. The number of rotatable bonds is 22. The Morgan fingerprint density at radius 2 is 1.82 bits per heavy atom. The predicted octanol–water partition coefficient (Wildman–Crippen LogP) is 5.92. The van der Waals surface area contributed by atoms with Gasteiger partial charge in [0.1, 0.15) is 11.8 Å². The topological polar surface area (TPSA) is 179 Å². The van der Waals surface area contributed by atoms with Gasteiger partial charge in [-0.25, -0.2) is 0 Å². The first kappa shape index (κ1) is 39.3. The first-order valence-corrected chi connectivity index (χ1v) is 17.2. The quantitative estimate of drug-likeness (QED) is 0.0600. The van der Waals surface area contributed by atoms with E-state index in [1.54, 1.807) is 31.4 Å². The van der Waals surface area contributed by atoms with Crippen molar-refractivity contribution in [2.75, 3.05) is 26.9 Å². The standard InChI is InChI=1S/C37H52N6O6/c1-6-25(4)35(37(46)40-21-27-10-8-26(20-38)9-11-27)41-36(45)31(24(2)3)19-33(44)32(42-43-39)23-48-22-28-12-15-30(29-13-14-29)34(18-28)49-17-7-16-47-5/h8-12,15,18,24-25,29,31-33,35,44H,6-7,13-14,16-17,19,21-23H2,1-5H3,(H,40,46)(H,41,45)/t25-,31-,32-,33-,35-/m0/s1. The average molecular weight is 677 g/mol. The van der Waals surface area contributed by atoms with E-state index in [1.165, 1.54) is 5.56 Å². The Hall–Kier alpha value is -4.14. The lowest BCUT2D eigenvalue weighted by Crippen LogP contribution is -2.52. The number of amides is 2. The fraction of sp³-hybridized carbons (Fsp3) is 0.595. The highest BCUT2D eigenvalue weighted by Gasteiger charge is 2.33. The van der Waals surface area contributed by atoms with Crippen LogP contribution in [-0.2, 0) is 32.2 Å². The second-order valence-corrected chi connectivity index (χ2v) is 13.2. The van der Waals surface area contributed by atoms with E-state index in [1.807, 2.05) is 39.8 Å². The van der Waals surface area contributed by atoms with E-state index in [0.717, 1.165) is 36.1 Å². The zero-order chi connectivity index (χ0) is 35.8. The highest BCUT2D eigenvalue weighted by atomic mass is 16.5. The largest absolute Gasteiger partial charge is 0.493 e. The van der Waals surface area contributed by atoms with E-state index >= 15 is 0 Å². The molecule has 0 heterocycles. The molecule has 2 aromatic carbocycles. The Labute approximate surface area is 290 Å². The monoisotopic (exact) mass is 676 g/mol. The molecule has 12 heteroatoms. The van der Waals surface area contributed by atoms with Crippen molar-refractivity contribution >= 4 is 11.8 Å². The average Bonchev–Trinajstić information content (AvgIpc) is 3.95. The number of ether oxygens (including phenoxy) is 3. The first-order chi connectivity index (χ1) is 23.6. The minimum absolute atomic E-state index is 0.0200. The van der Waals surface area contributed by atoms with Crippen LogP contribution in [-0.4, -0.2) is 62.0 Å². The van der Waals surface area contributed by atoms with Gasteiger partial charge in [-0.2, -0.15) is 5.26 Å². The summed E-state index contributed by atoms with van der Waals surface area (Å²) in [4.78, 5) is 29.8. The molecule has 2 amide bonds. The van der Waals surface area contributed by atoms with Crippen molar-refractivity contribution in [1.82, 2.24) is 10.6 Å². The van der Waals surface area contributed by atoms with Crippen LogP contribution in [0.2, 0.25) is 0 Å². The molecule has 12 nitrogen and oxygen atoms in total. The maximum atomic E-state index is 13.6. The fourth-order valence-corrected chi connectivity index (χ4v) is 5.55. The number of hydrogen-bond donors (Lipinski definition) is 3. The first-order valence-electron chi connectivity index (χ1n) is 17.2. The Kier molecular flexibility index (Phi) is 16.4. The molecule has 0 saturated heterocycles. The molecule has 1 aliphatic rings. The third-order valence-corrected chi connectivity index (χ3v) is 9.03. The Morgan fingerprint density at radius 3 is 2.43 bits per heavy atom. The van der Waals surface area contributed by atoms with E-state index in [4.69, 9.17) is 19.5 Å². The van der Waals surface area contributed by atoms with Gasteiger partial charge in [0.2, 0.25) is 11.8 Å². The number of nitrogens with one attached hydrogen (secondary N) is 2. The lowest BCUT2D eigenvalue weighted by Gasteiger charge is -2.29. The maximum absolute atomic E-state index is 13.6. The van der Waals surface area contributed by atoms with Gasteiger partial charge in [0, 0.05) is 37.5 Å².